The van der Waals surface area contributed by atoms with Gasteiger partial charge in [0.05, 0.1) is 6.54 Å². The Bertz CT molecular complexity index is 445. The van der Waals surface area contributed by atoms with Gasteiger partial charge in [-0.25, -0.2) is 0 Å². The molecular weight excluding hydrogens is 238 g/mol. The Labute approximate surface area is 115 Å². The molecule has 2 heterocycles. The first-order valence-electron chi connectivity index (χ1n) is 6.96. The van der Waals surface area contributed by atoms with E-state index >= 15 is 0 Å². The van der Waals surface area contributed by atoms with Crippen LogP contribution in [0.2, 0.25) is 0 Å². The van der Waals surface area contributed by atoms with E-state index in [1.54, 1.807) is 6.07 Å². The predicted molar refractivity (Wildman–Crippen MR) is 74.6 cm³/mol. The van der Waals surface area contributed by atoms with Gasteiger partial charge in [0.1, 0.15) is 11.8 Å². The molecule has 19 heavy (non-hydrogen) atoms. The van der Waals surface area contributed by atoms with Crippen molar-refractivity contribution in [2.45, 2.75) is 51.7 Å². The van der Waals surface area contributed by atoms with Crippen molar-refractivity contribution in [1.82, 2.24) is 10.2 Å². The van der Waals surface area contributed by atoms with Crippen molar-refractivity contribution in [2.75, 3.05) is 13.1 Å². The maximum atomic E-state index is 8.70. The molecule has 1 aromatic heterocycles. The third-order valence-corrected chi connectivity index (χ3v) is 3.78. The van der Waals surface area contributed by atoms with Gasteiger partial charge in [-0.3, -0.25) is 4.90 Å². The molecule has 0 unspecified atom stereocenters. The zero-order chi connectivity index (χ0) is 13.9. The van der Waals surface area contributed by atoms with Crippen molar-refractivity contribution in [3.05, 3.63) is 23.7 Å². The molecule has 0 bridgehead atoms. The minimum absolute atomic E-state index is 0.272. The standard InChI is InChI=1S/C15H23N3O/c1-15(2,3)18-8-6-12(7-9-18)17-11-14-5-4-13(10-16)19-14/h4-5,12,17H,6-9,11H2,1-3H3. The van der Waals surface area contributed by atoms with Crippen LogP contribution in [0.5, 0.6) is 0 Å². The minimum atomic E-state index is 0.272. The summed E-state index contributed by atoms with van der Waals surface area (Å²) in [6.07, 6.45) is 2.34. The van der Waals surface area contributed by atoms with Gasteiger partial charge in [-0.15, -0.1) is 0 Å². The number of nitrogens with zero attached hydrogens (tertiary/aromatic N) is 2. The number of rotatable bonds is 3. The van der Waals surface area contributed by atoms with Crippen LogP contribution in [0.25, 0.3) is 0 Å². The van der Waals surface area contributed by atoms with E-state index in [0.717, 1.165) is 18.8 Å². The van der Waals surface area contributed by atoms with Crippen LogP contribution in [-0.2, 0) is 6.54 Å². The molecule has 0 aliphatic carbocycles. The Hall–Kier alpha value is -1.31. The van der Waals surface area contributed by atoms with E-state index in [1.165, 1.54) is 12.8 Å². The predicted octanol–water partition coefficient (Wildman–Crippen LogP) is 2.50. The summed E-state index contributed by atoms with van der Waals surface area (Å²) in [5.41, 5.74) is 0.272. The Morgan fingerprint density at radius 1 is 1.37 bits per heavy atom. The number of hydrogen-bond acceptors (Lipinski definition) is 4. The maximum Gasteiger partial charge on any atom is 0.203 e. The summed E-state index contributed by atoms with van der Waals surface area (Å²) in [6.45, 7) is 9.81. The van der Waals surface area contributed by atoms with Gasteiger partial charge in [-0.05, 0) is 45.7 Å². The fourth-order valence-electron chi connectivity index (χ4n) is 2.53. The first-order chi connectivity index (χ1) is 8.99. The fraction of sp³-hybridized carbons (Fsp3) is 0.667. The summed E-state index contributed by atoms with van der Waals surface area (Å²) in [7, 11) is 0. The van der Waals surface area contributed by atoms with Crippen LogP contribution < -0.4 is 5.32 Å². The maximum absolute atomic E-state index is 8.70. The molecule has 0 radical (unpaired) electrons. The van der Waals surface area contributed by atoms with E-state index in [2.05, 4.69) is 31.0 Å². The molecule has 0 aromatic carbocycles. The minimum Gasteiger partial charge on any atom is -0.449 e. The molecule has 0 atom stereocenters. The van der Waals surface area contributed by atoms with Crippen LogP contribution in [0.3, 0.4) is 0 Å². The van der Waals surface area contributed by atoms with Crippen molar-refractivity contribution in [2.24, 2.45) is 0 Å². The highest BCUT2D eigenvalue weighted by Crippen LogP contribution is 2.20. The van der Waals surface area contributed by atoms with E-state index in [-0.39, 0.29) is 5.54 Å². The van der Waals surface area contributed by atoms with Crippen LogP contribution in [0, 0.1) is 11.3 Å². The lowest BCUT2D eigenvalue weighted by molar-refractivity contribution is 0.0956. The molecule has 0 spiro atoms. The lowest BCUT2D eigenvalue weighted by Crippen LogP contribution is -2.49. The van der Waals surface area contributed by atoms with Crippen LogP contribution in [0.1, 0.15) is 45.1 Å². The largest absolute Gasteiger partial charge is 0.449 e. The number of likely N-dealkylation sites (tertiary alicyclic amines) is 1. The van der Waals surface area contributed by atoms with Crippen LogP contribution in [0.4, 0.5) is 0 Å². The summed E-state index contributed by atoms with van der Waals surface area (Å²) in [6, 6.07) is 6.15. The third-order valence-electron chi connectivity index (χ3n) is 3.78. The third kappa shape index (κ3) is 3.82. The van der Waals surface area contributed by atoms with E-state index in [1.807, 2.05) is 12.1 Å². The highest BCUT2D eigenvalue weighted by atomic mass is 16.3. The molecule has 1 aliphatic rings. The summed E-state index contributed by atoms with van der Waals surface area (Å²) < 4.78 is 5.37. The number of nitrogens with one attached hydrogen (secondary N) is 1. The molecule has 0 amide bonds. The van der Waals surface area contributed by atoms with Gasteiger partial charge in [0, 0.05) is 24.7 Å². The fourth-order valence-corrected chi connectivity index (χ4v) is 2.53. The number of nitriles is 1. The smallest absolute Gasteiger partial charge is 0.203 e. The highest BCUT2D eigenvalue weighted by molar-refractivity contribution is 5.19. The van der Waals surface area contributed by atoms with Gasteiger partial charge in [-0.1, -0.05) is 0 Å². The SMILES string of the molecule is CC(C)(C)N1CCC(NCc2ccc(C#N)o2)CC1. The molecule has 2 rings (SSSR count). The van der Waals surface area contributed by atoms with Crippen molar-refractivity contribution in [3.8, 4) is 6.07 Å². The molecular formula is C15H23N3O. The number of hydrogen-bond donors (Lipinski definition) is 1. The second kappa shape index (κ2) is 5.77. The molecule has 4 heteroatoms. The summed E-state index contributed by atoms with van der Waals surface area (Å²) >= 11 is 0. The van der Waals surface area contributed by atoms with Gasteiger partial charge in [0.2, 0.25) is 5.76 Å². The van der Waals surface area contributed by atoms with Gasteiger partial charge in [-0.2, -0.15) is 5.26 Å². The zero-order valence-corrected chi connectivity index (χ0v) is 12.1. The van der Waals surface area contributed by atoms with E-state index in [4.69, 9.17) is 9.68 Å². The Morgan fingerprint density at radius 3 is 2.58 bits per heavy atom. The van der Waals surface area contributed by atoms with Crippen LogP contribution in [-0.4, -0.2) is 29.6 Å². The van der Waals surface area contributed by atoms with Crippen molar-refractivity contribution < 1.29 is 4.42 Å². The van der Waals surface area contributed by atoms with Crippen LogP contribution in [0.15, 0.2) is 16.5 Å². The number of furan rings is 1. The van der Waals surface area contributed by atoms with E-state index < -0.39 is 0 Å². The lowest BCUT2D eigenvalue weighted by atomic mass is 9.98. The molecule has 1 aromatic rings. The molecule has 0 saturated carbocycles. The van der Waals surface area contributed by atoms with Crippen LogP contribution >= 0.6 is 0 Å². The van der Waals surface area contributed by atoms with E-state index in [0.29, 0.717) is 18.3 Å². The second-order valence-electron chi connectivity index (χ2n) is 6.19. The normalized spacial score (nSPS) is 18.4. The monoisotopic (exact) mass is 261 g/mol. The van der Waals surface area contributed by atoms with Gasteiger partial charge >= 0.3 is 0 Å². The van der Waals surface area contributed by atoms with Gasteiger partial charge in [0.25, 0.3) is 0 Å². The van der Waals surface area contributed by atoms with Gasteiger partial charge in [0.15, 0.2) is 0 Å². The molecule has 1 aliphatic heterocycles. The molecule has 104 valence electrons. The van der Waals surface area contributed by atoms with E-state index in [9.17, 15) is 0 Å². The molecule has 4 nitrogen and oxygen atoms in total. The van der Waals surface area contributed by atoms with Crippen molar-refractivity contribution in [3.63, 3.8) is 0 Å². The Morgan fingerprint density at radius 2 is 2.05 bits per heavy atom. The summed E-state index contributed by atoms with van der Waals surface area (Å²) in [5, 5.41) is 12.2. The van der Waals surface area contributed by atoms with Crippen molar-refractivity contribution in [1.29, 1.82) is 5.26 Å². The second-order valence-corrected chi connectivity index (χ2v) is 6.19. The summed E-state index contributed by atoms with van der Waals surface area (Å²) in [5.74, 6) is 1.23. The first kappa shape index (κ1) is 14.1. The molecule has 1 fully saturated rings. The van der Waals surface area contributed by atoms with Crippen molar-refractivity contribution >= 4 is 0 Å². The Balaban J connectivity index is 1.76. The average molecular weight is 261 g/mol. The first-order valence-corrected chi connectivity index (χ1v) is 6.96. The lowest BCUT2D eigenvalue weighted by Gasteiger charge is -2.41. The summed E-state index contributed by atoms with van der Waals surface area (Å²) in [4.78, 5) is 2.53. The molecule has 1 N–H and O–H groups in total. The topological polar surface area (TPSA) is 52.2 Å². The highest BCUT2D eigenvalue weighted by Gasteiger charge is 2.26. The Kier molecular flexibility index (Phi) is 4.28. The molecule has 1 saturated heterocycles. The average Bonchev–Trinajstić information content (AvgIpc) is 2.84. The quantitative estimate of drug-likeness (QED) is 0.908. The zero-order valence-electron chi connectivity index (χ0n) is 12.1. The number of piperidine rings is 1. The van der Waals surface area contributed by atoms with Gasteiger partial charge < -0.3 is 9.73 Å².